The molecule has 32 heavy (non-hydrogen) atoms. The molecule has 0 aliphatic heterocycles. The molecule has 2 aromatic carbocycles. The van der Waals surface area contributed by atoms with Crippen LogP contribution in [0.2, 0.25) is 0 Å². The van der Waals surface area contributed by atoms with E-state index in [0.29, 0.717) is 29.9 Å². The lowest BCUT2D eigenvalue weighted by Gasteiger charge is -2.30. The quantitative estimate of drug-likeness (QED) is 0.445. The molecule has 3 rings (SSSR count). The van der Waals surface area contributed by atoms with Crippen molar-refractivity contribution in [2.45, 2.75) is 41.9 Å². The second-order valence-electron chi connectivity index (χ2n) is 8.07. The number of hydrogen-bond donors (Lipinski definition) is 1. The van der Waals surface area contributed by atoms with E-state index >= 15 is 0 Å². The van der Waals surface area contributed by atoms with Gasteiger partial charge in [0, 0.05) is 12.3 Å². The molecule has 0 radical (unpaired) electrons. The van der Waals surface area contributed by atoms with Gasteiger partial charge in [0.1, 0.15) is 12.3 Å². The third kappa shape index (κ3) is 6.58. The average molecular weight is 473 g/mol. The van der Waals surface area contributed by atoms with Crippen LogP contribution in [0.25, 0.3) is 0 Å². The van der Waals surface area contributed by atoms with E-state index in [-0.39, 0.29) is 29.0 Å². The summed E-state index contributed by atoms with van der Waals surface area (Å²) in [7, 11) is -3.59. The highest BCUT2D eigenvalue weighted by molar-refractivity contribution is 7.91. The van der Waals surface area contributed by atoms with Crippen molar-refractivity contribution >= 4 is 26.9 Å². The number of sulfone groups is 1. The fraction of sp³-hybridized carbons (Fsp3) is 0.417. The molecule has 2 aromatic rings. The summed E-state index contributed by atoms with van der Waals surface area (Å²) in [5, 5.41) is 11.3. The van der Waals surface area contributed by atoms with E-state index < -0.39 is 26.9 Å². The standard InChI is InChI=1S/C24H28N2O4S2/c25-15-16-26-24(27)23-9-5-4-8-20(23)18-32(29,30)22-12-10-21(11-13-22)31(28)17-14-19-6-2-1-3-7-19/h1-3,6-7,10-13,20,23H,4-5,8-9,14,16-18H2,(H,26,27)/t20-,23+,31?/m1/s1. The van der Waals surface area contributed by atoms with E-state index in [1.807, 2.05) is 36.4 Å². The lowest BCUT2D eigenvalue weighted by molar-refractivity contribution is -0.127. The second kappa shape index (κ2) is 11.5. The minimum absolute atomic E-state index is 0.0717. The van der Waals surface area contributed by atoms with Gasteiger partial charge in [0.25, 0.3) is 0 Å². The Kier molecular flexibility index (Phi) is 8.74. The smallest absolute Gasteiger partial charge is 0.224 e. The largest absolute Gasteiger partial charge is 0.611 e. The molecular formula is C24H28N2O4S2. The van der Waals surface area contributed by atoms with Crippen LogP contribution >= 0.6 is 0 Å². The molecule has 1 unspecified atom stereocenters. The zero-order valence-corrected chi connectivity index (χ0v) is 19.5. The molecule has 1 saturated carbocycles. The molecule has 6 nitrogen and oxygen atoms in total. The van der Waals surface area contributed by atoms with Gasteiger partial charge in [0.15, 0.2) is 14.7 Å². The van der Waals surface area contributed by atoms with Crippen LogP contribution in [-0.4, -0.2) is 36.9 Å². The lowest BCUT2D eigenvalue weighted by Crippen LogP contribution is -2.39. The Bertz CT molecular complexity index is 1030. The number of nitrogens with one attached hydrogen (secondary N) is 1. The first-order valence-corrected chi connectivity index (χ1v) is 13.8. The van der Waals surface area contributed by atoms with E-state index in [9.17, 15) is 17.8 Å². The number of carbonyl (C=O) groups excluding carboxylic acids is 1. The van der Waals surface area contributed by atoms with Crippen LogP contribution in [0, 0.1) is 23.2 Å². The molecule has 1 aliphatic rings. The van der Waals surface area contributed by atoms with E-state index in [4.69, 9.17) is 5.26 Å². The third-order valence-corrected chi connectivity index (χ3v) is 9.12. The first-order valence-electron chi connectivity index (χ1n) is 10.8. The van der Waals surface area contributed by atoms with Crippen molar-refractivity contribution in [3.05, 3.63) is 60.2 Å². The number of benzene rings is 2. The Balaban J connectivity index is 1.63. The zero-order chi connectivity index (χ0) is 23.0. The molecule has 0 heterocycles. The van der Waals surface area contributed by atoms with Crippen LogP contribution in [0.15, 0.2) is 64.4 Å². The summed E-state index contributed by atoms with van der Waals surface area (Å²) in [4.78, 5) is 13.2. The minimum Gasteiger partial charge on any atom is -0.611 e. The van der Waals surface area contributed by atoms with E-state index in [1.54, 1.807) is 12.1 Å². The van der Waals surface area contributed by atoms with Crippen molar-refractivity contribution in [2.24, 2.45) is 11.8 Å². The number of amides is 1. The first-order chi connectivity index (χ1) is 15.4. The average Bonchev–Trinajstić information content (AvgIpc) is 2.82. The molecule has 1 N–H and O–H groups in total. The van der Waals surface area contributed by atoms with Gasteiger partial charge in [0.05, 0.1) is 16.7 Å². The summed E-state index contributed by atoms with van der Waals surface area (Å²) in [5.41, 5.74) is 1.11. The van der Waals surface area contributed by atoms with Crippen LogP contribution < -0.4 is 5.32 Å². The van der Waals surface area contributed by atoms with Gasteiger partial charge in [-0.25, -0.2) is 8.42 Å². The summed E-state index contributed by atoms with van der Waals surface area (Å²) in [6, 6.07) is 18.0. The highest BCUT2D eigenvalue weighted by atomic mass is 32.2. The molecule has 1 amide bonds. The molecule has 0 aromatic heterocycles. The maximum atomic E-state index is 13.0. The predicted octanol–water partition coefficient (Wildman–Crippen LogP) is 3.26. The summed E-state index contributed by atoms with van der Waals surface area (Å²) < 4.78 is 38.6. The molecule has 1 fully saturated rings. The number of hydrogen-bond acceptors (Lipinski definition) is 5. The second-order valence-corrected chi connectivity index (χ2v) is 11.7. The molecular weight excluding hydrogens is 444 g/mol. The van der Waals surface area contributed by atoms with Gasteiger partial charge < -0.3 is 9.87 Å². The van der Waals surface area contributed by atoms with E-state index in [2.05, 4.69) is 5.32 Å². The van der Waals surface area contributed by atoms with Crippen molar-refractivity contribution in [3.63, 3.8) is 0 Å². The zero-order valence-electron chi connectivity index (χ0n) is 17.9. The highest BCUT2D eigenvalue weighted by Crippen LogP contribution is 2.33. The SMILES string of the molecule is N#CCNC(=O)[C@H]1CCCC[C@@H]1CS(=O)(=O)c1ccc([S+]([O-])CCc2ccccc2)cc1. The maximum Gasteiger partial charge on any atom is 0.224 e. The topological polar surface area (TPSA) is 110 Å². The Labute approximate surface area is 193 Å². The molecule has 0 saturated heterocycles. The van der Waals surface area contributed by atoms with Crippen molar-refractivity contribution in [1.29, 1.82) is 5.26 Å². The molecule has 0 bridgehead atoms. The molecule has 170 valence electrons. The van der Waals surface area contributed by atoms with Crippen molar-refractivity contribution in [1.82, 2.24) is 5.32 Å². The van der Waals surface area contributed by atoms with Crippen molar-refractivity contribution < 1.29 is 17.8 Å². The number of nitrogens with zero attached hydrogens (tertiary/aromatic N) is 1. The van der Waals surface area contributed by atoms with Gasteiger partial charge in [-0.3, -0.25) is 4.79 Å². The van der Waals surface area contributed by atoms with Gasteiger partial charge in [-0.2, -0.15) is 5.26 Å². The third-order valence-electron chi connectivity index (χ3n) is 5.89. The fourth-order valence-corrected chi connectivity index (χ4v) is 6.96. The van der Waals surface area contributed by atoms with Crippen LogP contribution in [0.3, 0.4) is 0 Å². The Morgan fingerprint density at radius 2 is 1.78 bits per heavy atom. The Morgan fingerprint density at radius 1 is 1.09 bits per heavy atom. The first kappa shape index (κ1) is 24.3. The van der Waals surface area contributed by atoms with Gasteiger partial charge in [0.2, 0.25) is 5.91 Å². The van der Waals surface area contributed by atoms with Gasteiger partial charge in [-0.1, -0.05) is 43.2 Å². The van der Waals surface area contributed by atoms with Gasteiger partial charge >= 0.3 is 0 Å². The van der Waals surface area contributed by atoms with Crippen LogP contribution in [0.1, 0.15) is 31.2 Å². The summed E-state index contributed by atoms with van der Waals surface area (Å²) in [6.07, 6.45) is 3.76. The normalized spacial score (nSPS) is 19.6. The highest BCUT2D eigenvalue weighted by Gasteiger charge is 2.34. The monoisotopic (exact) mass is 472 g/mol. The summed E-state index contributed by atoms with van der Waals surface area (Å²) in [6.45, 7) is -0.0717. The van der Waals surface area contributed by atoms with Crippen molar-refractivity contribution in [3.8, 4) is 6.07 Å². The molecule has 0 spiro atoms. The summed E-state index contributed by atoms with van der Waals surface area (Å²) in [5.74, 6) is -0.537. The fourth-order valence-electron chi connectivity index (χ4n) is 4.16. The Morgan fingerprint density at radius 3 is 2.47 bits per heavy atom. The number of carbonyl (C=O) groups is 1. The molecule has 8 heteroatoms. The predicted molar refractivity (Wildman–Crippen MR) is 124 cm³/mol. The number of aryl methyl sites for hydroxylation is 1. The molecule has 1 aliphatic carbocycles. The van der Waals surface area contributed by atoms with Gasteiger partial charge in [-0.05, 0) is 59.8 Å². The van der Waals surface area contributed by atoms with Crippen molar-refractivity contribution in [2.75, 3.05) is 18.1 Å². The van der Waals surface area contributed by atoms with Crippen LogP contribution in [0.4, 0.5) is 0 Å². The maximum absolute atomic E-state index is 13.0. The lowest BCUT2D eigenvalue weighted by atomic mass is 9.80. The number of rotatable bonds is 9. The summed E-state index contributed by atoms with van der Waals surface area (Å²) >= 11 is -1.21. The molecule has 3 atom stereocenters. The van der Waals surface area contributed by atoms with E-state index in [0.717, 1.165) is 18.4 Å². The Hall–Kier alpha value is -2.34. The minimum atomic E-state index is -3.59. The van der Waals surface area contributed by atoms with Crippen LogP contribution in [-0.2, 0) is 32.2 Å². The number of nitriles is 1. The van der Waals surface area contributed by atoms with Crippen LogP contribution in [0.5, 0.6) is 0 Å². The van der Waals surface area contributed by atoms with E-state index in [1.165, 1.54) is 12.1 Å². The van der Waals surface area contributed by atoms with Gasteiger partial charge in [-0.15, -0.1) is 0 Å².